The summed E-state index contributed by atoms with van der Waals surface area (Å²) in [6.07, 6.45) is 1.63. The lowest BCUT2D eigenvalue weighted by atomic mass is 10.1. The van der Waals surface area contributed by atoms with E-state index in [0.717, 1.165) is 17.0 Å². The molecular weight excluding hydrogens is 348 g/mol. The highest BCUT2D eigenvalue weighted by molar-refractivity contribution is 7.99. The lowest BCUT2D eigenvalue weighted by molar-refractivity contribution is -0.119. The first-order valence-corrected chi connectivity index (χ1v) is 9.17. The van der Waals surface area contributed by atoms with E-state index in [-0.39, 0.29) is 17.7 Å². The number of benzene rings is 2. The molecule has 1 aromatic heterocycles. The van der Waals surface area contributed by atoms with Gasteiger partial charge in [-0.05, 0) is 24.6 Å². The number of thioether (sulfide) groups is 1. The van der Waals surface area contributed by atoms with Crippen LogP contribution in [0.5, 0.6) is 5.75 Å². The van der Waals surface area contributed by atoms with Gasteiger partial charge in [0, 0.05) is 6.07 Å². The molecule has 0 saturated heterocycles. The predicted molar refractivity (Wildman–Crippen MR) is 102 cm³/mol. The van der Waals surface area contributed by atoms with E-state index in [1.807, 2.05) is 66.1 Å². The second-order valence-corrected chi connectivity index (χ2v) is 6.62. The van der Waals surface area contributed by atoms with Gasteiger partial charge in [-0.3, -0.25) is 9.36 Å². The van der Waals surface area contributed by atoms with E-state index in [4.69, 9.17) is 4.74 Å². The molecule has 0 radical (unpaired) electrons. The molecule has 1 heterocycles. The lowest BCUT2D eigenvalue weighted by Gasteiger charge is -2.14. The number of carbonyl (C=O) groups excluding carboxylic acids is 1. The molecule has 0 aliphatic carbocycles. The van der Waals surface area contributed by atoms with E-state index in [9.17, 15) is 4.79 Å². The number of nitrogens with one attached hydrogen (secondary N) is 1. The first kappa shape index (κ1) is 18.0. The van der Waals surface area contributed by atoms with Crippen molar-refractivity contribution in [2.45, 2.75) is 18.1 Å². The first-order chi connectivity index (χ1) is 12.7. The standard InChI is InChI=1S/C19H20N4O2S/c1-14(15-7-4-3-5-8-15)21-18(24)12-26-19-22-20-13-23(19)16-9-6-10-17(11-16)25-2/h3-11,13-14H,12H2,1-2H3,(H,21,24). The molecule has 26 heavy (non-hydrogen) atoms. The van der Waals surface area contributed by atoms with Crippen molar-refractivity contribution in [1.29, 1.82) is 0 Å². The van der Waals surface area contributed by atoms with Crippen LogP contribution in [0.2, 0.25) is 0 Å². The molecule has 1 unspecified atom stereocenters. The SMILES string of the molecule is COc1cccc(-n2cnnc2SCC(=O)NC(C)c2ccccc2)c1. The van der Waals surface area contributed by atoms with Gasteiger partial charge in [0.1, 0.15) is 12.1 Å². The van der Waals surface area contributed by atoms with Crippen LogP contribution in [-0.2, 0) is 4.79 Å². The van der Waals surface area contributed by atoms with Crippen molar-refractivity contribution in [3.63, 3.8) is 0 Å². The summed E-state index contributed by atoms with van der Waals surface area (Å²) in [5.41, 5.74) is 1.96. The highest BCUT2D eigenvalue weighted by atomic mass is 32.2. The van der Waals surface area contributed by atoms with Crippen LogP contribution in [0, 0.1) is 0 Å². The number of methoxy groups -OCH3 is 1. The Labute approximate surface area is 156 Å². The van der Waals surface area contributed by atoms with E-state index in [1.165, 1.54) is 11.8 Å². The summed E-state index contributed by atoms with van der Waals surface area (Å²) in [6.45, 7) is 1.97. The number of ether oxygens (including phenoxy) is 1. The molecule has 0 fully saturated rings. The zero-order valence-electron chi connectivity index (χ0n) is 14.6. The Balaban J connectivity index is 1.62. The maximum Gasteiger partial charge on any atom is 0.230 e. The Morgan fingerprint density at radius 1 is 1.23 bits per heavy atom. The van der Waals surface area contributed by atoms with Crippen LogP contribution in [0.25, 0.3) is 5.69 Å². The van der Waals surface area contributed by atoms with E-state index in [2.05, 4.69) is 15.5 Å². The summed E-state index contributed by atoms with van der Waals surface area (Å²) in [4.78, 5) is 12.3. The Bertz CT molecular complexity index is 867. The topological polar surface area (TPSA) is 69.0 Å². The smallest absolute Gasteiger partial charge is 0.230 e. The number of aromatic nitrogens is 3. The third-order valence-corrected chi connectivity index (χ3v) is 4.80. The van der Waals surface area contributed by atoms with Crippen molar-refractivity contribution in [3.8, 4) is 11.4 Å². The molecule has 0 spiro atoms. The second-order valence-electron chi connectivity index (χ2n) is 5.67. The van der Waals surface area contributed by atoms with Gasteiger partial charge in [-0.2, -0.15) is 0 Å². The molecule has 0 saturated carbocycles. The Morgan fingerprint density at radius 3 is 2.81 bits per heavy atom. The number of nitrogens with zero attached hydrogens (tertiary/aromatic N) is 3. The van der Waals surface area contributed by atoms with Gasteiger partial charge in [0.2, 0.25) is 5.91 Å². The van der Waals surface area contributed by atoms with Crippen molar-refractivity contribution in [2.24, 2.45) is 0 Å². The van der Waals surface area contributed by atoms with Crippen LogP contribution in [0.1, 0.15) is 18.5 Å². The average molecular weight is 368 g/mol. The van der Waals surface area contributed by atoms with Crippen LogP contribution in [0.3, 0.4) is 0 Å². The minimum absolute atomic E-state index is 0.0412. The zero-order chi connectivity index (χ0) is 18.4. The molecule has 0 aliphatic rings. The van der Waals surface area contributed by atoms with Gasteiger partial charge in [0.25, 0.3) is 0 Å². The summed E-state index contributed by atoms with van der Waals surface area (Å²) in [5.74, 6) is 0.966. The highest BCUT2D eigenvalue weighted by Crippen LogP contribution is 2.22. The van der Waals surface area contributed by atoms with Gasteiger partial charge < -0.3 is 10.1 Å². The number of hydrogen-bond donors (Lipinski definition) is 1. The molecule has 3 aromatic rings. The molecule has 6 nitrogen and oxygen atoms in total. The third-order valence-electron chi connectivity index (χ3n) is 3.86. The molecular formula is C19H20N4O2S. The minimum Gasteiger partial charge on any atom is -0.497 e. The Hall–Kier alpha value is -2.80. The van der Waals surface area contributed by atoms with Crippen molar-refractivity contribution in [1.82, 2.24) is 20.1 Å². The molecule has 2 aromatic carbocycles. The molecule has 1 amide bonds. The molecule has 0 aliphatic heterocycles. The van der Waals surface area contributed by atoms with Gasteiger partial charge >= 0.3 is 0 Å². The predicted octanol–water partition coefficient (Wildman–Crippen LogP) is 3.25. The van der Waals surface area contributed by atoms with Gasteiger partial charge in [-0.1, -0.05) is 48.2 Å². The monoisotopic (exact) mass is 368 g/mol. The summed E-state index contributed by atoms with van der Waals surface area (Å²) in [5, 5.41) is 11.7. The highest BCUT2D eigenvalue weighted by Gasteiger charge is 2.13. The lowest BCUT2D eigenvalue weighted by Crippen LogP contribution is -2.28. The van der Waals surface area contributed by atoms with Crippen molar-refractivity contribution < 1.29 is 9.53 Å². The summed E-state index contributed by atoms with van der Waals surface area (Å²) >= 11 is 1.34. The van der Waals surface area contributed by atoms with Gasteiger partial charge in [-0.15, -0.1) is 10.2 Å². The Morgan fingerprint density at radius 2 is 2.04 bits per heavy atom. The fourth-order valence-corrected chi connectivity index (χ4v) is 3.24. The molecule has 7 heteroatoms. The third kappa shape index (κ3) is 4.43. The van der Waals surface area contributed by atoms with E-state index in [0.29, 0.717) is 5.16 Å². The molecule has 1 atom stereocenters. The number of carbonyl (C=O) groups is 1. The maximum atomic E-state index is 12.3. The molecule has 3 rings (SSSR count). The van der Waals surface area contributed by atoms with Gasteiger partial charge in [-0.25, -0.2) is 0 Å². The fraction of sp³-hybridized carbons (Fsp3) is 0.211. The quantitative estimate of drug-likeness (QED) is 0.649. The van der Waals surface area contributed by atoms with Crippen molar-refractivity contribution in [3.05, 3.63) is 66.5 Å². The van der Waals surface area contributed by atoms with Crippen LogP contribution < -0.4 is 10.1 Å². The zero-order valence-corrected chi connectivity index (χ0v) is 15.4. The summed E-state index contributed by atoms with van der Waals surface area (Å²) in [6, 6.07) is 17.4. The summed E-state index contributed by atoms with van der Waals surface area (Å²) in [7, 11) is 1.62. The normalized spacial score (nSPS) is 11.8. The van der Waals surface area contributed by atoms with Crippen LogP contribution in [0.4, 0.5) is 0 Å². The van der Waals surface area contributed by atoms with E-state index < -0.39 is 0 Å². The summed E-state index contributed by atoms with van der Waals surface area (Å²) < 4.78 is 7.09. The first-order valence-electron chi connectivity index (χ1n) is 8.19. The Kier molecular flexibility index (Phi) is 5.91. The van der Waals surface area contributed by atoms with E-state index in [1.54, 1.807) is 13.4 Å². The van der Waals surface area contributed by atoms with Crippen LogP contribution >= 0.6 is 11.8 Å². The fourth-order valence-electron chi connectivity index (χ4n) is 2.50. The maximum absolute atomic E-state index is 12.3. The molecule has 1 N–H and O–H groups in total. The van der Waals surface area contributed by atoms with E-state index >= 15 is 0 Å². The number of rotatable bonds is 7. The average Bonchev–Trinajstić information content (AvgIpc) is 3.16. The number of amides is 1. The number of hydrogen-bond acceptors (Lipinski definition) is 5. The van der Waals surface area contributed by atoms with Crippen molar-refractivity contribution in [2.75, 3.05) is 12.9 Å². The van der Waals surface area contributed by atoms with Gasteiger partial charge in [0.05, 0.1) is 24.6 Å². The largest absolute Gasteiger partial charge is 0.497 e. The van der Waals surface area contributed by atoms with Gasteiger partial charge in [0.15, 0.2) is 5.16 Å². The second kappa shape index (κ2) is 8.53. The minimum atomic E-state index is -0.0495. The molecule has 0 bridgehead atoms. The van der Waals surface area contributed by atoms with Crippen LogP contribution in [0.15, 0.2) is 66.1 Å². The van der Waals surface area contributed by atoms with Crippen LogP contribution in [-0.4, -0.2) is 33.5 Å². The van der Waals surface area contributed by atoms with Crippen molar-refractivity contribution >= 4 is 17.7 Å². The molecule has 134 valence electrons.